The molecule has 0 aliphatic rings. The predicted octanol–water partition coefficient (Wildman–Crippen LogP) is 5.27. The van der Waals surface area contributed by atoms with Gasteiger partial charge in [0.25, 0.3) is 15.9 Å². The summed E-state index contributed by atoms with van der Waals surface area (Å²) in [5.74, 6) is 0.434. The lowest BCUT2D eigenvalue weighted by Gasteiger charge is -2.24. The van der Waals surface area contributed by atoms with E-state index in [0.29, 0.717) is 18.1 Å². The van der Waals surface area contributed by atoms with Crippen LogP contribution < -0.4 is 19.2 Å². The second-order valence-electron chi connectivity index (χ2n) is 8.28. The van der Waals surface area contributed by atoms with E-state index in [0.717, 1.165) is 15.4 Å². The van der Waals surface area contributed by atoms with Crippen molar-refractivity contribution in [1.29, 1.82) is 0 Å². The third kappa shape index (κ3) is 7.37. The van der Waals surface area contributed by atoms with Crippen LogP contribution in [-0.2, 0) is 21.4 Å². The maximum absolute atomic E-state index is 13.4. The minimum absolute atomic E-state index is 0.0304. The van der Waals surface area contributed by atoms with E-state index in [1.807, 2.05) is 30.3 Å². The van der Waals surface area contributed by atoms with E-state index in [-0.39, 0.29) is 15.6 Å². The van der Waals surface area contributed by atoms with Crippen molar-refractivity contribution in [3.05, 3.63) is 119 Å². The number of rotatable bonds is 11. The van der Waals surface area contributed by atoms with Gasteiger partial charge in [-0.1, -0.05) is 60.1 Å². The molecule has 10 heteroatoms. The van der Waals surface area contributed by atoms with Gasteiger partial charge in [-0.2, -0.15) is 5.10 Å². The van der Waals surface area contributed by atoms with Crippen LogP contribution in [0.4, 0.5) is 5.69 Å². The van der Waals surface area contributed by atoms with Gasteiger partial charge >= 0.3 is 0 Å². The number of hydrazone groups is 1. The monoisotopic (exact) mass is 563 g/mol. The Hall–Kier alpha value is -4.34. The van der Waals surface area contributed by atoms with Gasteiger partial charge in [0.05, 0.1) is 28.9 Å². The average Bonchev–Trinajstić information content (AvgIpc) is 2.96. The van der Waals surface area contributed by atoms with Gasteiger partial charge in [0, 0.05) is 0 Å². The minimum atomic E-state index is -4.09. The summed E-state index contributed by atoms with van der Waals surface area (Å²) in [4.78, 5) is 12.8. The van der Waals surface area contributed by atoms with E-state index in [2.05, 4.69) is 10.5 Å². The molecule has 4 aromatic carbocycles. The fraction of sp³-hybridized carbons (Fsp3) is 0.103. The predicted molar refractivity (Wildman–Crippen MR) is 152 cm³/mol. The lowest BCUT2D eigenvalue weighted by Crippen LogP contribution is -2.39. The number of sulfonamides is 1. The van der Waals surface area contributed by atoms with E-state index in [1.165, 1.54) is 43.7 Å². The van der Waals surface area contributed by atoms with E-state index in [4.69, 9.17) is 21.1 Å². The largest absolute Gasteiger partial charge is 0.495 e. The number of anilines is 1. The number of benzene rings is 4. The molecule has 200 valence electrons. The van der Waals surface area contributed by atoms with Crippen molar-refractivity contribution in [2.75, 3.05) is 18.0 Å². The van der Waals surface area contributed by atoms with Crippen LogP contribution in [0.3, 0.4) is 0 Å². The highest BCUT2D eigenvalue weighted by Crippen LogP contribution is 2.31. The van der Waals surface area contributed by atoms with Crippen LogP contribution in [-0.4, -0.2) is 34.2 Å². The third-order valence-electron chi connectivity index (χ3n) is 5.57. The summed E-state index contributed by atoms with van der Waals surface area (Å²) >= 11 is 6.24. The number of amides is 1. The highest BCUT2D eigenvalue weighted by atomic mass is 35.5. The first-order valence-electron chi connectivity index (χ1n) is 11.9. The molecule has 39 heavy (non-hydrogen) atoms. The molecule has 0 atom stereocenters. The Labute approximate surface area is 232 Å². The van der Waals surface area contributed by atoms with Gasteiger partial charge in [-0.05, 0) is 65.7 Å². The Balaban J connectivity index is 1.43. The molecule has 0 unspecified atom stereocenters. The highest BCUT2D eigenvalue weighted by molar-refractivity contribution is 7.92. The average molecular weight is 564 g/mol. The summed E-state index contributed by atoms with van der Waals surface area (Å²) in [6.45, 7) is -0.0738. The molecule has 0 saturated heterocycles. The van der Waals surface area contributed by atoms with Gasteiger partial charge in [0.2, 0.25) is 0 Å². The zero-order chi connectivity index (χ0) is 27.7. The van der Waals surface area contributed by atoms with Crippen LogP contribution in [0.25, 0.3) is 0 Å². The number of hydrogen-bond donors (Lipinski definition) is 1. The van der Waals surface area contributed by atoms with Gasteiger partial charge in [-0.3, -0.25) is 9.10 Å². The van der Waals surface area contributed by atoms with Crippen molar-refractivity contribution in [2.24, 2.45) is 5.10 Å². The van der Waals surface area contributed by atoms with Crippen molar-refractivity contribution < 1.29 is 22.7 Å². The Kier molecular flexibility index (Phi) is 9.19. The second-order valence-corrected chi connectivity index (χ2v) is 10.5. The highest BCUT2D eigenvalue weighted by Gasteiger charge is 2.27. The Morgan fingerprint density at radius 2 is 1.62 bits per heavy atom. The van der Waals surface area contributed by atoms with Gasteiger partial charge in [0.15, 0.2) is 0 Å². The smallest absolute Gasteiger partial charge is 0.264 e. The first-order chi connectivity index (χ1) is 18.9. The topological polar surface area (TPSA) is 97.3 Å². The number of nitrogens with zero attached hydrogens (tertiary/aromatic N) is 2. The van der Waals surface area contributed by atoms with Crippen molar-refractivity contribution in [3.63, 3.8) is 0 Å². The van der Waals surface area contributed by atoms with Crippen LogP contribution in [0.15, 0.2) is 113 Å². The fourth-order valence-corrected chi connectivity index (χ4v) is 5.27. The first-order valence-corrected chi connectivity index (χ1v) is 13.7. The number of ether oxygens (including phenoxy) is 2. The molecule has 0 aliphatic carbocycles. The quantitative estimate of drug-likeness (QED) is 0.198. The third-order valence-corrected chi connectivity index (χ3v) is 7.66. The Bertz CT molecular complexity index is 1530. The van der Waals surface area contributed by atoms with Gasteiger partial charge in [-0.25, -0.2) is 13.8 Å². The molecule has 1 amide bonds. The molecule has 0 aromatic heterocycles. The molecular weight excluding hydrogens is 538 g/mol. The fourth-order valence-electron chi connectivity index (χ4n) is 3.58. The second kappa shape index (κ2) is 12.9. The molecule has 4 rings (SSSR count). The number of nitrogens with one attached hydrogen (secondary N) is 1. The SMILES string of the molecule is COc1ccc(N(CC(=O)NN=Cc2ccc(OCc3ccccc3)cc2)S(=O)(=O)c2ccccc2)cc1Cl. The number of halogens is 1. The van der Waals surface area contributed by atoms with Crippen molar-refractivity contribution in [1.82, 2.24) is 5.43 Å². The van der Waals surface area contributed by atoms with Crippen molar-refractivity contribution >= 4 is 39.4 Å². The molecule has 0 aliphatic heterocycles. The van der Waals surface area contributed by atoms with Crippen LogP contribution in [0.2, 0.25) is 5.02 Å². The van der Waals surface area contributed by atoms with Crippen LogP contribution in [0.5, 0.6) is 11.5 Å². The van der Waals surface area contributed by atoms with E-state index in [9.17, 15) is 13.2 Å². The summed E-state index contributed by atoms with van der Waals surface area (Å²) in [6, 6.07) is 29.3. The van der Waals surface area contributed by atoms with Gasteiger partial charge in [-0.15, -0.1) is 0 Å². The summed E-state index contributed by atoms with van der Waals surface area (Å²) < 4.78 is 38.8. The van der Waals surface area contributed by atoms with Gasteiger partial charge in [0.1, 0.15) is 24.7 Å². The normalized spacial score (nSPS) is 11.2. The standard InChI is InChI=1S/C29H26ClN3O5S/c1-37-28-17-14-24(18-27(28)30)33(39(35,36)26-10-6-3-7-11-26)20-29(34)32-31-19-22-12-15-25(16-13-22)38-21-23-8-4-2-5-9-23/h2-19H,20-21H2,1H3,(H,32,34). The Morgan fingerprint density at radius 1 is 0.949 bits per heavy atom. The van der Waals surface area contributed by atoms with E-state index >= 15 is 0 Å². The lowest BCUT2D eigenvalue weighted by atomic mass is 10.2. The van der Waals surface area contributed by atoms with E-state index < -0.39 is 22.5 Å². The van der Waals surface area contributed by atoms with E-state index in [1.54, 1.807) is 42.5 Å². The molecule has 8 nitrogen and oxygen atoms in total. The van der Waals surface area contributed by atoms with Crippen LogP contribution in [0.1, 0.15) is 11.1 Å². The Morgan fingerprint density at radius 3 is 2.26 bits per heavy atom. The zero-order valence-corrected chi connectivity index (χ0v) is 22.6. The maximum Gasteiger partial charge on any atom is 0.264 e. The lowest BCUT2D eigenvalue weighted by molar-refractivity contribution is -0.119. The summed E-state index contributed by atoms with van der Waals surface area (Å²) in [5, 5.41) is 4.18. The number of carbonyl (C=O) groups excluding carboxylic acids is 1. The summed E-state index contributed by atoms with van der Waals surface area (Å²) in [5.41, 5.74) is 4.37. The minimum Gasteiger partial charge on any atom is -0.495 e. The molecule has 0 heterocycles. The molecule has 0 saturated carbocycles. The maximum atomic E-state index is 13.4. The first kappa shape index (κ1) is 27.7. The molecule has 0 bridgehead atoms. The number of carbonyl (C=O) groups is 1. The summed E-state index contributed by atoms with van der Waals surface area (Å²) in [6.07, 6.45) is 1.46. The number of hydrogen-bond acceptors (Lipinski definition) is 6. The number of methoxy groups -OCH3 is 1. The zero-order valence-electron chi connectivity index (χ0n) is 21.0. The molecule has 1 N–H and O–H groups in total. The molecule has 0 spiro atoms. The molecule has 4 aromatic rings. The molecule has 0 radical (unpaired) electrons. The van der Waals surface area contributed by atoms with Gasteiger partial charge < -0.3 is 9.47 Å². The molecular formula is C29H26ClN3O5S. The van der Waals surface area contributed by atoms with Crippen LogP contribution >= 0.6 is 11.6 Å². The van der Waals surface area contributed by atoms with Crippen LogP contribution in [0, 0.1) is 0 Å². The molecule has 0 fully saturated rings. The van der Waals surface area contributed by atoms with Crippen molar-refractivity contribution in [2.45, 2.75) is 11.5 Å². The summed E-state index contributed by atoms with van der Waals surface area (Å²) in [7, 11) is -2.63. The van der Waals surface area contributed by atoms with Crippen molar-refractivity contribution in [3.8, 4) is 11.5 Å².